The number of nitrogens with one attached hydrogen (secondary N) is 1. The van der Waals surface area contributed by atoms with Gasteiger partial charge in [0.25, 0.3) is 5.56 Å². The largest absolute Gasteiger partial charge is 0.322 e. The van der Waals surface area contributed by atoms with Crippen molar-refractivity contribution in [2.24, 2.45) is 0 Å². The summed E-state index contributed by atoms with van der Waals surface area (Å²) in [6.45, 7) is 6.94. The fourth-order valence-electron chi connectivity index (χ4n) is 3.64. The number of anilines is 1. The molecule has 7 heteroatoms. The molecule has 0 saturated carbocycles. The molecule has 6 nitrogen and oxygen atoms in total. The molecule has 0 aliphatic carbocycles. The van der Waals surface area contributed by atoms with Crippen LogP contribution < -0.4 is 10.9 Å². The van der Waals surface area contributed by atoms with Gasteiger partial charge in [-0.25, -0.2) is 14.2 Å². The van der Waals surface area contributed by atoms with Crippen LogP contribution in [0.4, 0.5) is 14.9 Å². The molecule has 31 heavy (non-hydrogen) atoms. The van der Waals surface area contributed by atoms with Gasteiger partial charge < -0.3 is 10.2 Å². The summed E-state index contributed by atoms with van der Waals surface area (Å²) in [6.07, 6.45) is 2.47. The van der Waals surface area contributed by atoms with E-state index in [0.717, 1.165) is 19.3 Å². The first-order valence-electron chi connectivity index (χ1n) is 10.8. The molecule has 0 radical (unpaired) electrons. The van der Waals surface area contributed by atoms with Gasteiger partial charge in [-0.3, -0.25) is 9.36 Å². The Labute approximate surface area is 181 Å². The average molecular weight is 425 g/mol. The first-order chi connectivity index (χ1) is 15.0. The van der Waals surface area contributed by atoms with E-state index in [0.29, 0.717) is 35.5 Å². The molecule has 0 aliphatic rings. The van der Waals surface area contributed by atoms with Gasteiger partial charge in [-0.15, -0.1) is 0 Å². The van der Waals surface area contributed by atoms with Crippen LogP contribution in [0.2, 0.25) is 0 Å². The number of hydrogen-bond acceptors (Lipinski definition) is 3. The Morgan fingerprint density at radius 2 is 1.94 bits per heavy atom. The highest BCUT2D eigenvalue weighted by Gasteiger charge is 2.26. The molecule has 2 aromatic carbocycles. The third kappa shape index (κ3) is 5.10. The number of carbonyl (C=O) groups is 1. The highest BCUT2D eigenvalue weighted by Crippen LogP contribution is 2.22. The Bertz CT molecular complexity index is 1110. The number of carbonyl (C=O) groups excluding carboxylic acids is 1. The van der Waals surface area contributed by atoms with E-state index in [2.05, 4.69) is 12.2 Å². The van der Waals surface area contributed by atoms with Crippen molar-refractivity contribution in [3.63, 3.8) is 0 Å². The lowest BCUT2D eigenvalue weighted by molar-refractivity contribution is 0.187. The summed E-state index contributed by atoms with van der Waals surface area (Å²) >= 11 is 0. The minimum Gasteiger partial charge on any atom is -0.315 e. The van der Waals surface area contributed by atoms with Crippen LogP contribution in [0.3, 0.4) is 0 Å². The molecule has 0 bridgehead atoms. The van der Waals surface area contributed by atoms with E-state index >= 15 is 0 Å². The third-order valence-corrected chi connectivity index (χ3v) is 5.27. The summed E-state index contributed by atoms with van der Waals surface area (Å²) in [5, 5.41) is 3.34. The number of aromatic nitrogens is 2. The maximum atomic E-state index is 13.6. The zero-order valence-corrected chi connectivity index (χ0v) is 18.3. The minimum absolute atomic E-state index is 0.102. The average Bonchev–Trinajstić information content (AvgIpc) is 2.76. The summed E-state index contributed by atoms with van der Waals surface area (Å²) in [7, 11) is 0. The fourth-order valence-corrected chi connectivity index (χ4v) is 3.64. The van der Waals surface area contributed by atoms with Crippen molar-refractivity contribution in [2.75, 3.05) is 11.9 Å². The van der Waals surface area contributed by atoms with Gasteiger partial charge in [0, 0.05) is 18.8 Å². The third-order valence-electron chi connectivity index (χ3n) is 5.27. The van der Waals surface area contributed by atoms with Crippen molar-refractivity contribution in [3.05, 3.63) is 70.5 Å². The fraction of sp³-hybridized carbons (Fsp3) is 0.375. The first-order valence-corrected chi connectivity index (χ1v) is 10.8. The highest BCUT2D eigenvalue weighted by atomic mass is 19.1. The van der Waals surface area contributed by atoms with Crippen LogP contribution in [0.1, 0.15) is 51.9 Å². The van der Waals surface area contributed by atoms with E-state index in [-0.39, 0.29) is 11.6 Å². The Morgan fingerprint density at radius 3 is 2.65 bits per heavy atom. The Hall–Kier alpha value is -3.22. The van der Waals surface area contributed by atoms with Crippen LogP contribution in [0.15, 0.2) is 53.3 Å². The van der Waals surface area contributed by atoms with Crippen LogP contribution in [0, 0.1) is 5.82 Å². The second kappa shape index (κ2) is 10.2. The first kappa shape index (κ1) is 22.5. The van der Waals surface area contributed by atoms with Gasteiger partial charge in [-0.1, -0.05) is 38.5 Å². The molecule has 0 fully saturated rings. The zero-order chi connectivity index (χ0) is 22.4. The smallest absolute Gasteiger partial charge is 0.315 e. The van der Waals surface area contributed by atoms with Crippen molar-refractivity contribution in [1.82, 2.24) is 14.5 Å². The molecule has 164 valence electrons. The predicted molar refractivity (Wildman–Crippen MR) is 122 cm³/mol. The lowest BCUT2D eigenvalue weighted by Gasteiger charge is -2.30. The van der Waals surface area contributed by atoms with Gasteiger partial charge in [0.15, 0.2) is 0 Å². The topological polar surface area (TPSA) is 67.2 Å². The molecular weight excluding hydrogens is 395 g/mol. The molecule has 1 unspecified atom stereocenters. The lowest BCUT2D eigenvalue weighted by Crippen LogP contribution is -2.40. The van der Waals surface area contributed by atoms with Gasteiger partial charge >= 0.3 is 6.03 Å². The zero-order valence-electron chi connectivity index (χ0n) is 18.3. The second-order valence-electron chi connectivity index (χ2n) is 7.61. The molecule has 3 aromatic rings. The lowest BCUT2D eigenvalue weighted by atomic mass is 10.2. The van der Waals surface area contributed by atoms with Gasteiger partial charge in [0.1, 0.15) is 11.6 Å². The molecule has 1 aromatic heterocycles. The van der Waals surface area contributed by atoms with Gasteiger partial charge in [0.2, 0.25) is 0 Å². The van der Waals surface area contributed by atoms with Crippen LogP contribution in [0.25, 0.3) is 10.9 Å². The van der Waals surface area contributed by atoms with Gasteiger partial charge in [-0.2, -0.15) is 0 Å². The maximum absolute atomic E-state index is 13.6. The van der Waals surface area contributed by atoms with Crippen LogP contribution in [-0.2, 0) is 6.54 Å². The summed E-state index contributed by atoms with van der Waals surface area (Å²) in [5.41, 5.74) is 0.897. The summed E-state index contributed by atoms with van der Waals surface area (Å²) in [6, 6.07) is 12.3. The van der Waals surface area contributed by atoms with E-state index in [9.17, 15) is 14.0 Å². The number of hydrogen-bond donors (Lipinski definition) is 1. The van der Waals surface area contributed by atoms with Crippen LogP contribution >= 0.6 is 0 Å². The SMILES string of the molecule is CCCCN(C(=O)Nc1cccc(F)c1)C(C)c1nc2ccccc2c(=O)n1CCC. The standard InChI is InChI=1S/C24H29FN4O2/c1-4-6-15-28(24(31)26-19-11-9-10-18(25)16-19)17(3)22-27-21-13-8-7-12-20(21)23(30)29(22)14-5-2/h7-13,16-17H,4-6,14-15H2,1-3H3,(H,26,31). The highest BCUT2D eigenvalue weighted by molar-refractivity contribution is 5.89. The van der Waals surface area contributed by atoms with Crippen LogP contribution in [0.5, 0.6) is 0 Å². The normalized spacial score (nSPS) is 12.0. The molecule has 1 atom stereocenters. The summed E-state index contributed by atoms with van der Waals surface area (Å²) < 4.78 is 15.2. The van der Waals surface area contributed by atoms with Crippen molar-refractivity contribution < 1.29 is 9.18 Å². The van der Waals surface area contributed by atoms with Gasteiger partial charge in [0.05, 0.1) is 16.9 Å². The number of para-hydroxylation sites is 1. The van der Waals surface area contributed by atoms with Gasteiger partial charge in [-0.05, 0) is 50.1 Å². The number of rotatable bonds is 8. The van der Waals surface area contributed by atoms with E-state index in [1.807, 2.05) is 32.0 Å². The predicted octanol–water partition coefficient (Wildman–Crippen LogP) is 5.34. The Morgan fingerprint density at radius 1 is 1.16 bits per heavy atom. The monoisotopic (exact) mass is 424 g/mol. The van der Waals surface area contributed by atoms with E-state index in [1.165, 1.54) is 12.1 Å². The number of unbranched alkanes of at least 4 members (excludes halogenated alkanes) is 1. The Balaban J connectivity index is 2.01. The molecule has 3 rings (SSSR count). The number of nitrogens with zero attached hydrogens (tertiary/aromatic N) is 3. The number of amides is 2. The molecule has 1 heterocycles. The van der Waals surface area contributed by atoms with Crippen molar-refractivity contribution in [1.29, 1.82) is 0 Å². The van der Waals surface area contributed by atoms with Crippen LogP contribution in [-0.4, -0.2) is 27.0 Å². The van der Waals surface area contributed by atoms with E-state index < -0.39 is 11.9 Å². The summed E-state index contributed by atoms with van der Waals surface area (Å²) in [5.74, 6) is 0.134. The van der Waals surface area contributed by atoms with Crippen molar-refractivity contribution in [2.45, 2.75) is 52.6 Å². The summed E-state index contributed by atoms with van der Waals surface area (Å²) in [4.78, 5) is 32.7. The van der Waals surface area contributed by atoms with Crippen molar-refractivity contribution in [3.8, 4) is 0 Å². The Kier molecular flexibility index (Phi) is 7.39. The number of benzene rings is 2. The molecule has 0 saturated heterocycles. The van der Waals surface area contributed by atoms with E-state index in [4.69, 9.17) is 4.98 Å². The number of halogens is 1. The molecular formula is C24H29FN4O2. The van der Waals surface area contributed by atoms with Crippen molar-refractivity contribution >= 4 is 22.6 Å². The molecule has 0 spiro atoms. The second-order valence-corrected chi connectivity index (χ2v) is 7.61. The minimum atomic E-state index is -0.441. The number of urea groups is 1. The quantitative estimate of drug-likeness (QED) is 0.531. The molecule has 2 amide bonds. The van der Waals surface area contributed by atoms with E-state index in [1.54, 1.807) is 27.7 Å². The maximum Gasteiger partial charge on any atom is 0.322 e. The number of fused-ring (bicyclic) bond motifs is 1. The molecule has 1 N–H and O–H groups in total. The molecule has 0 aliphatic heterocycles.